The zero-order valence-electron chi connectivity index (χ0n) is 12.0. The molecule has 0 aromatic heterocycles. The molecule has 0 saturated carbocycles. The monoisotopic (exact) mass is 288 g/mol. The molecule has 1 N–H and O–H groups in total. The van der Waals surface area contributed by atoms with Crippen molar-refractivity contribution in [1.29, 1.82) is 0 Å². The molecule has 0 unspecified atom stereocenters. The number of sulfonamides is 1. The number of carbonyl (C=O) groups is 1. The van der Waals surface area contributed by atoms with Gasteiger partial charge in [-0.3, -0.25) is 4.79 Å². The van der Waals surface area contributed by atoms with Crippen molar-refractivity contribution >= 4 is 15.9 Å². The van der Waals surface area contributed by atoms with Gasteiger partial charge in [-0.2, -0.15) is 0 Å². The van der Waals surface area contributed by atoms with Crippen LogP contribution in [-0.2, 0) is 14.8 Å². The van der Waals surface area contributed by atoms with Crippen LogP contribution >= 0.6 is 0 Å². The van der Waals surface area contributed by atoms with Crippen molar-refractivity contribution in [2.24, 2.45) is 10.8 Å². The highest BCUT2D eigenvalue weighted by atomic mass is 32.2. The van der Waals surface area contributed by atoms with Gasteiger partial charge in [0.2, 0.25) is 15.9 Å². The highest BCUT2D eigenvalue weighted by Gasteiger charge is 2.43. The molecule has 0 aromatic rings. The first-order valence-corrected chi connectivity index (χ1v) is 8.48. The van der Waals surface area contributed by atoms with E-state index in [1.165, 1.54) is 0 Å². The summed E-state index contributed by atoms with van der Waals surface area (Å²) in [7, 11) is -3.17. The fraction of sp³-hybridized carbons (Fsp3) is 0.923. The number of nitrogens with one attached hydrogen (secondary N) is 1. The summed E-state index contributed by atoms with van der Waals surface area (Å²) >= 11 is 0. The number of rotatable bonds is 2. The molecule has 2 heterocycles. The molecule has 1 spiro atoms. The highest BCUT2D eigenvalue weighted by molar-refractivity contribution is 7.89. The maximum absolute atomic E-state index is 12.3. The summed E-state index contributed by atoms with van der Waals surface area (Å²) in [6.45, 7) is 7.63. The SMILES string of the molecule is CC(C)(C)CS(=O)(=O)N1CCC2(CC1)CNC(=O)C2. The minimum Gasteiger partial charge on any atom is -0.356 e. The highest BCUT2D eigenvalue weighted by Crippen LogP contribution is 2.38. The van der Waals surface area contributed by atoms with Gasteiger partial charge in [-0.25, -0.2) is 12.7 Å². The molecular weight excluding hydrogens is 264 g/mol. The van der Waals surface area contributed by atoms with E-state index >= 15 is 0 Å². The molecule has 19 heavy (non-hydrogen) atoms. The van der Waals surface area contributed by atoms with Crippen molar-refractivity contribution in [2.45, 2.75) is 40.0 Å². The third kappa shape index (κ3) is 3.48. The van der Waals surface area contributed by atoms with E-state index in [9.17, 15) is 13.2 Å². The van der Waals surface area contributed by atoms with Crippen LogP contribution in [0.25, 0.3) is 0 Å². The lowest BCUT2D eigenvalue weighted by atomic mass is 9.78. The van der Waals surface area contributed by atoms with Crippen LogP contribution in [-0.4, -0.2) is 44.0 Å². The van der Waals surface area contributed by atoms with Crippen LogP contribution < -0.4 is 5.32 Å². The minimum atomic E-state index is -3.17. The number of piperidine rings is 1. The summed E-state index contributed by atoms with van der Waals surface area (Å²) in [5, 5.41) is 2.86. The van der Waals surface area contributed by atoms with Gasteiger partial charge in [0.25, 0.3) is 0 Å². The lowest BCUT2D eigenvalue weighted by Gasteiger charge is -2.38. The maximum atomic E-state index is 12.3. The van der Waals surface area contributed by atoms with Crippen LogP contribution in [0.15, 0.2) is 0 Å². The summed E-state index contributed by atoms with van der Waals surface area (Å²) in [5.41, 5.74) is -0.219. The predicted molar refractivity (Wildman–Crippen MR) is 74.1 cm³/mol. The van der Waals surface area contributed by atoms with Gasteiger partial charge in [0.05, 0.1) is 5.75 Å². The van der Waals surface area contributed by atoms with Crippen molar-refractivity contribution < 1.29 is 13.2 Å². The van der Waals surface area contributed by atoms with Gasteiger partial charge >= 0.3 is 0 Å². The molecule has 110 valence electrons. The first-order chi connectivity index (χ1) is 8.62. The number of hydrogen-bond donors (Lipinski definition) is 1. The van der Waals surface area contributed by atoms with Gasteiger partial charge in [0.15, 0.2) is 0 Å². The van der Waals surface area contributed by atoms with Crippen LogP contribution in [0.5, 0.6) is 0 Å². The van der Waals surface area contributed by atoms with Crippen LogP contribution in [0.4, 0.5) is 0 Å². The van der Waals surface area contributed by atoms with Crippen molar-refractivity contribution in [3.8, 4) is 0 Å². The number of carbonyl (C=O) groups excluding carboxylic acids is 1. The second-order valence-corrected chi connectivity index (χ2v) is 9.14. The van der Waals surface area contributed by atoms with Gasteiger partial charge in [-0.15, -0.1) is 0 Å². The Morgan fingerprint density at radius 2 is 1.84 bits per heavy atom. The van der Waals surface area contributed by atoms with Gasteiger partial charge in [-0.1, -0.05) is 20.8 Å². The van der Waals surface area contributed by atoms with E-state index in [1.807, 2.05) is 20.8 Å². The molecular formula is C13H24N2O3S. The standard InChI is InChI=1S/C13H24N2O3S/c1-12(2,3)10-19(17,18)15-6-4-13(5-7-15)8-11(16)14-9-13/h4-10H2,1-3H3,(H,14,16). The molecule has 1 amide bonds. The molecule has 0 aliphatic carbocycles. The van der Waals surface area contributed by atoms with E-state index in [2.05, 4.69) is 5.32 Å². The second-order valence-electron chi connectivity index (χ2n) is 7.17. The number of amides is 1. The predicted octanol–water partition coefficient (Wildman–Crippen LogP) is 0.964. The molecule has 2 fully saturated rings. The van der Waals surface area contributed by atoms with Crippen LogP contribution in [0, 0.1) is 10.8 Å². The maximum Gasteiger partial charge on any atom is 0.220 e. The fourth-order valence-electron chi connectivity index (χ4n) is 2.98. The van der Waals surface area contributed by atoms with E-state index in [0.717, 1.165) is 12.8 Å². The van der Waals surface area contributed by atoms with Gasteiger partial charge in [-0.05, 0) is 23.7 Å². The molecule has 0 atom stereocenters. The van der Waals surface area contributed by atoms with Crippen LogP contribution in [0.1, 0.15) is 40.0 Å². The van der Waals surface area contributed by atoms with E-state index in [0.29, 0.717) is 26.1 Å². The average Bonchev–Trinajstić information content (AvgIpc) is 2.57. The fourth-order valence-corrected chi connectivity index (χ4v) is 5.00. The van der Waals surface area contributed by atoms with E-state index in [4.69, 9.17) is 0 Å². The summed E-state index contributed by atoms with van der Waals surface area (Å²) in [6.07, 6.45) is 2.13. The van der Waals surface area contributed by atoms with Gasteiger partial charge < -0.3 is 5.32 Å². The quantitative estimate of drug-likeness (QED) is 0.823. The Balaban J connectivity index is 1.98. The Labute approximate surface area is 115 Å². The van der Waals surface area contributed by atoms with E-state index in [-0.39, 0.29) is 22.5 Å². The Morgan fingerprint density at radius 1 is 1.26 bits per heavy atom. The molecule has 2 rings (SSSR count). The van der Waals surface area contributed by atoms with Crippen molar-refractivity contribution in [1.82, 2.24) is 9.62 Å². The number of hydrogen-bond acceptors (Lipinski definition) is 3. The Bertz CT molecular complexity index is 457. The third-order valence-electron chi connectivity index (χ3n) is 3.99. The smallest absolute Gasteiger partial charge is 0.220 e. The zero-order valence-corrected chi connectivity index (χ0v) is 12.8. The Kier molecular flexibility index (Phi) is 3.68. The first kappa shape index (κ1) is 14.8. The lowest BCUT2D eigenvalue weighted by molar-refractivity contribution is -0.119. The lowest BCUT2D eigenvalue weighted by Crippen LogP contribution is -2.46. The summed E-state index contributed by atoms with van der Waals surface area (Å²) in [4.78, 5) is 11.3. The molecule has 2 aliphatic heterocycles. The normalized spacial score (nSPS) is 24.7. The summed E-state index contributed by atoms with van der Waals surface area (Å²) in [5.74, 6) is 0.287. The largest absolute Gasteiger partial charge is 0.356 e. The molecule has 5 nitrogen and oxygen atoms in total. The van der Waals surface area contributed by atoms with E-state index in [1.54, 1.807) is 4.31 Å². The van der Waals surface area contributed by atoms with Crippen LogP contribution in [0.2, 0.25) is 0 Å². The number of nitrogens with zero attached hydrogens (tertiary/aromatic N) is 1. The van der Waals surface area contributed by atoms with Crippen molar-refractivity contribution in [3.63, 3.8) is 0 Å². The van der Waals surface area contributed by atoms with Crippen LogP contribution in [0.3, 0.4) is 0 Å². The molecule has 6 heteroatoms. The minimum absolute atomic E-state index is 0.00480. The van der Waals surface area contributed by atoms with Gasteiger partial charge in [0.1, 0.15) is 0 Å². The van der Waals surface area contributed by atoms with Gasteiger partial charge in [0, 0.05) is 26.1 Å². The Hall–Kier alpha value is -0.620. The zero-order chi connectivity index (χ0) is 14.3. The third-order valence-corrected chi connectivity index (χ3v) is 6.37. The molecule has 2 saturated heterocycles. The molecule has 0 aromatic carbocycles. The summed E-state index contributed by atoms with van der Waals surface area (Å²) in [6, 6.07) is 0. The molecule has 2 aliphatic rings. The molecule has 0 radical (unpaired) electrons. The second kappa shape index (κ2) is 4.74. The van der Waals surface area contributed by atoms with E-state index < -0.39 is 10.0 Å². The topological polar surface area (TPSA) is 66.5 Å². The van der Waals surface area contributed by atoms with Crippen molar-refractivity contribution in [3.05, 3.63) is 0 Å². The molecule has 0 bridgehead atoms. The first-order valence-electron chi connectivity index (χ1n) is 6.87. The average molecular weight is 288 g/mol. The Morgan fingerprint density at radius 3 is 2.26 bits per heavy atom. The van der Waals surface area contributed by atoms with Crippen molar-refractivity contribution in [2.75, 3.05) is 25.4 Å². The summed E-state index contributed by atoms with van der Waals surface area (Å²) < 4.78 is 26.2.